The number of ether oxygens (including phenoxy) is 1. The van der Waals surface area contributed by atoms with Gasteiger partial charge in [0.15, 0.2) is 5.78 Å². The van der Waals surface area contributed by atoms with Gasteiger partial charge in [-0.3, -0.25) is 4.79 Å². The minimum absolute atomic E-state index is 0.0472. The summed E-state index contributed by atoms with van der Waals surface area (Å²) in [5, 5.41) is 4.05. The van der Waals surface area contributed by atoms with E-state index in [2.05, 4.69) is 21.2 Å². The van der Waals surface area contributed by atoms with Crippen LogP contribution in [0.3, 0.4) is 0 Å². The maximum Gasteiger partial charge on any atom is 0.337 e. The second-order valence-corrected chi connectivity index (χ2v) is 9.93. The number of carbonyl (C=O) groups is 2. The highest BCUT2D eigenvalue weighted by Gasteiger charge is 2.41. The smallest absolute Gasteiger partial charge is 0.337 e. The molecule has 0 amide bonds. The molecular formula is C26H25BrClNO3. The van der Waals surface area contributed by atoms with Crippen molar-refractivity contribution in [2.45, 2.75) is 51.6 Å². The molecule has 0 aromatic heterocycles. The van der Waals surface area contributed by atoms with Gasteiger partial charge in [0.2, 0.25) is 0 Å². The lowest BCUT2D eigenvalue weighted by Gasteiger charge is -2.37. The van der Waals surface area contributed by atoms with Crippen molar-refractivity contribution in [3.8, 4) is 0 Å². The Bertz CT molecular complexity index is 1130. The van der Waals surface area contributed by atoms with Crippen LogP contribution in [0.4, 0.5) is 0 Å². The fourth-order valence-electron chi connectivity index (χ4n) is 4.58. The van der Waals surface area contributed by atoms with Gasteiger partial charge in [0.05, 0.1) is 11.7 Å². The molecule has 0 saturated carbocycles. The average Bonchev–Trinajstić information content (AvgIpc) is 2.72. The zero-order valence-corrected chi connectivity index (χ0v) is 20.6. The van der Waals surface area contributed by atoms with E-state index < -0.39 is 11.9 Å². The van der Waals surface area contributed by atoms with E-state index in [1.165, 1.54) is 0 Å². The number of Topliss-reactive ketones (excluding diaryl/α,β-unsaturated/α-hetero) is 1. The lowest BCUT2D eigenvalue weighted by atomic mass is 9.72. The lowest BCUT2D eigenvalue weighted by Crippen LogP contribution is -2.36. The SMILES string of the molecule is CC1=C(C(=O)OC(C)C)[C@@H](c2cccc(Br)c2)C2=C(C[C@H](c3ccc(Cl)cc3)CC2=O)N1. The number of dihydropyridines is 1. The zero-order chi connectivity index (χ0) is 23.0. The van der Waals surface area contributed by atoms with E-state index in [9.17, 15) is 9.59 Å². The Morgan fingerprint density at radius 2 is 1.84 bits per heavy atom. The third-order valence-electron chi connectivity index (χ3n) is 5.91. The molecule has 1 heterocycles. The van der Waals surface area contributed by atoms with Crippen LogP contribution >= 0.6 is 27.5 Å². The molecule has 6 heteroatoms. The molecule has 2 aromatic rings. The molecule has 2 aromatic carbocycles. The predicted molar refractivity (Wildman–Crippen MR) is 129 cm³/mol. The van der Waals surface area contributed by atoms with E-state index in [0.717, 1.165) is 27.0 Å². The first-order valence-corrected chi connectivity index (χ1v) is 11.9. The molecule has 32 heavy (non-hydrogen) atoms. The van der Waals surface area contributed by atoms with Crippen LogP contribution in [0, 0.1) is 0 Å². The van der Waals surface area contributed by atoms with Crippen molar-refractivity contribution < 1.29 is 14.3 Å². The summed E-state index contributed by atoms with van der Waals surface area (Å²) >= 11 is 9.58. The maximum atomic E-state index is 13.5. The number of allylic oxidation sites excluding steroid dienone is 3. The van der Waals surface area contributed by atoms with Crippen molar-refractivity contribution in [1.29, 1.82) is 0 Å². The summed E-state index contributed by atoms with van der Waals surface area (Å²) in [7, 11) is 0. The summed E-state index contributed by atoms with van der Waals surface area (Å²) in [6.45, 7) is 5.53. The summed E-state index contributed by atoms with van der Waals surface area (Å²) in [6, 6.07) is 15.5. The molecule has 4 rings (SSSR count). The maximum absolute atomic E-state index is 13.5. The Labute approximate surface area is 201 Å². The zero-order valence-electron chi connectivity index (χ0n) is 18.2. The van der Waals surface area contributed by atoms with Gasteiger partial charge in [-0.2, -0.15) is 0 Å². The van der Waals surface area contributed by atoms with Crippen LogP contribution in [0.25, 0.3) is 0 Å². The van der Waals surface area contributed by atoms with Gasteiger partial charge in [-0.05, 0) is 68.5 Å². The normalized spacial score (nSPS) is 20.9. The monoisotopic (exact) mass is 513 g/mol. The van der Waals surface area contributed by atoms with E-state index >= 15 is 0 Å². The van der Waals surface area contributed by atoms with Crippen LogP contribution < -0.4 is 5.32 Å². The first-order chi connectivity index (χ1) is 15.2. The molecule has 2 atom stereocenters. The average molecular weight is 515 g/mol. The number of nitrogens with one attached hydrogen (secondary N) is 1. The molecule has 1 aliphatic heterocycles. The van der Waals surface area contributed by atoms with E-state index in [-0.39, 0.29) is 17.8 Å². The highest BCUT2D eigenvalue weighted by atomic mass is 79.9. The van der Waals surface area contributed by atoms with E-state index in [0.29, 0.717) is 29.0 Å². The first kappa shape index (κ1) is 22.8. The van der Waals surface area contributed by atoms with Crippen LogP contribution in [0.5, 0.6) is 0 Å². The summed E-state index contributed by atoms with van der Waals surface area (Å²) in [4.78, 5) is 26.6. The van der Waals surface area contributed by atoms with E-state index in [1.807, 2.05) is 69.3 Å². The second kappa shape index (κ2) is 9.24. The van der Waals surface area contributed by atoms with Crippen molar-refractivity contribution in [2.75, 3.05) is 0 Å². The Balaban J connectivity index is 1.79. The molecule has 0 unspecified atom stereocenters. The first-order valence-electron chi connectivity index (χ1n) is 10.7. The van der Waals surface area contributed by atoms with Gasteiger partial charge in [0.25, 0.3) is 0 Å². The second-order valence-electron chi connectivity index (χ2n) is 8.58. The molecular weight excluding hydrogens is 490 g/mol. The van der Waals surface area contributed by atoms with Gasteiger partial charge in [-0.1, -0.05) is 51.8 Å². The van der Waals surface area contributed by atoms with Crippen molar-refractivity contribution in [3.63, 3.8) is 0 Å². The third-order valence-corrected chi connectivity index (χ3v) is 6.66. The standard InChI is InChI=1S/C26H25BrClNO3/c1-14(2)32-26(31)23-15(3)29-21-12-18(16-7-9-20(28)10-8-16)13-22(30)25(21)24(23)17-5-4-6-19(27)11-17/h4-11,14,18,24,29H,12-13H2,1-3H3/t18-,24+/m0/s1. The Morgan fingerprint density at radius 3 is 2.50 bits per heavy atom. The predicted octanol–water partition coefficient (Wildman–Crippen LogP) is 6.42. The summed E-state index contributed by atoms with van der Waals surface area (Å²) in [5.41, 5.74) is 4.74. The molecule has 2 aliphatic rings. The number of esters is 1. The topological polar surface area (TPSA) is 55.4 Å². The molecule has 1 aliphatic carbocycles. The highest BCUT2D eigenvalue weighted by Crippen LogP contribution is 2.46. The van der Waals surface area contributed by atoms with Crippen molar-refractivity contribution in [1.82, 2.24) is 5.32 Å². The summed E-state index contributed by atoms with van der Waals surface area (Å²) < 4.78 is 6.46. The van der Waals surface area contributed by atoms with Gasteiger partial charge < -0.3 is 10.1 Å². The number of halogens is 2. The lowest BCUT2D eigenvalue weighted by molar-refractivity contribution is -0.143. The van der Waals surface area contributed by atoms with Crippen LogP contribution in [-0.2, 0) is 14.3 Å². The highest BCUT2D eigenvalue weighted by molar-refractivity contribution is 9.10. The van der Waals surface area contributed by atoms with Crippen molar-refractivity contribution in [2.24, 2.45) is 0 Å². The number of rotatable bonds is 4. The molecule has 0 radical (unpaired) electrons. The minimum Gasteiger partial charge on any atom is -0.460 e. The van der Waals surface area contributed by atoms with Crippen LogP contribution in [0.1, 0.15) is 56.6 Å². The van der Waals surface area contributed by atoms with E-state index in [1.54, 1.807) is 0 Å². The van der Waals surface area contributed by atoms with Gasteiger partial charge >= 0.3 is 5.97 Å². The molecule has 0 bridgehead atoms. The molecule has 1 N–H and O–H groups in total. The number of hydrogen-bond donors (Lipinski definition) is 1. The van der Waals surface area contributed by atoms with Crippen LogP contribution in [0.2, 0.25) is 5.02 Å². The van der Waals surface area contributed by atoms with Crippen LogP contribution in [-0.4, -0.2) is 17.9 Å². The van der Waals surface area contributed by atoms with Crippen LogP contribution in [0.15, 0.2) is 75.5 Å². The molecule has 0 spiro atoms. The summed E-state index contributed by atoms with van der Waals surface area (Å²) in [5.74, 6) is -0.750. The number of hydrogen-bond acceptors (Lipinski definition) is 4. The number of carbonyl (C=O) groups excluding carboxylic acids is 2. The van der Waals surface area contributed by atoms with Gasteiger partial charge in [-0.15, -0.1) is 0 Å². The molecule has 0 saturated heterocycles. The van der Waals surface area contributed by atoms with E-state index in [4.69, 9.17) is 16.3 Å². The minimum atomic E-state index is -0.464. The van der Waals surface area contributed by atoms with Crippen molar-refractivity contribution in [3.05, 3.63) is 91.7 Å². The Hall–Kier alpha value is -2.37. The fraction of sp³-hybridized carbons (Fsp3) is 0.308. The van der Waals surface area contributed by atoms with Gasteiger partial charge in [0, 0.05) is 38.8 Å². The molecule has 4 nitrogen and oxygen atoms in total. The Kier molecular flexibility index (Phi) is 6.59. The third kappa shape index (κ3) is 4.55. The quantitative estimate of drug-likeness (QED) is 0.479. The van der Waals surface area contributed by atoms with Gasteiger partial charge in [-0.25, -0.2) is 4.79 Å². The number of ketones is 1. The summed E-state index contributed by atoms with van der Waals surface area (Å²) in [6.07, 6.45) is 0.826. The number of benzene rings is 2. The Morgan fingerprint density at radius 1 is 1.12 bits per heavy atom. The molecule has 166 valence electrons. The molecule has 0 fully saturated rings. The fourth-order valence-corrected chi connectivity index (χ4v) is 5.12. The van der Waals surface area contributed by atoms with Crippen molar-refractivity contribution >= 4 is 39.3 Å². The van der Waals surface area contributed by atoms with Gasteiger partial charge in [0.1, 0.15) is 0 Å². The largest absolute Gasteiger partial charge is 0.460 e.